The van der Waals surface area contributed by atoms with Crippen LogP contribution in [0.15, 0.2) is 72.9 Å². The summed E-state index contributed by atoms with van der Waals surface area (Å²) in [5.41, 5.74) is 2.66. The Morgan fingerprint density at radius 2 is 1.66 bits per heavy atom. The van der Waals surface area contributed by atoms with E-state index in [1.54, 1.807) is 4.90 Å². The largest absolute Gasteiger partial charge is 0.481 e. The number of hydrogen-bond acceptors (Lipinski definition) is 4. The first-order chi connectivity index (χ1) is 18.2. The molecule has 0 unspecified atom stereocenters. The van der Waals surface area contributed by atoms with E-state index in [0.29, 0.717) is 32.5 Å². The summed E-state index contributed by atoms with van der Waals surface area (Å²) >= 11 is 0. The number of fused-ring (bicyclic) bond motifs is 2. The Morgan fingerprint density at radius 1 is 0.947 bits per heavy atom. The lowest BCUT2D eigenvalue weighted by molar-refractivity contribution is -0.137. The third kappa shape index (κ3) is 7.35. The molecule has 0 saturated heterocycles. The zero-order chi connectivity index (χ0) is 27.1. The first-order valence-corrected chi connectivity index (χ1v) is 13.1. The molecule has 1 aromatic heterocycles. The fourth-order valence-corrected chi connectivity index (χ4v) is 4.78. The van der Waals surface area contributed by atoms with Gasteiger partial charge in [0.1, 0.15) is 5.60 Å². The normalized spacial score (nSPS) is 12.5. The molecule has 7 heteroatoms. The maximum Gasteiger partial charge on any atom is 0.410 e. The molecule has 0 saturated carbocycles. The van der Waals surface area contributed by atoms with Crippen LogP contribution in [0, 0.1) is 0 Å². The van der Waals surface area contributed by atoms with Gasteiger partial charge in [0.15, 0.2) is 0 Å². The second kappa shape index (κ2) is 12.1. The summed E-state index contributed by atoms with van der Waals surface area (Å²) in [4.78, 5) is 29.6. The standard InChI is InChI=1S/C31H37N3O4/c1-31(2,3)38-30(37)34(17-15-23-11-8-10-22-9-4-5-12-26(22)23)18-16-32-25(20-29(35)36)19-24-21-33-28-14-7-6-13-27(24)28/h4-14,21,25,32-33H,15-20H2,1-3H3,(H,35,36)/t25-/m0/s1. The summed E-state index contributed by atoms with van der Waals surface area (Å²) in [6.07, 6.45) is 2.82. The predicted molar refractivity (Wildman–Crippen MR) is 152 cm³/mol. The molecular formula is C31H37N3O4. The maximum atomic E-state index is 13.1. The Kier molecular flexibility index (Phi) is 8.69. The van der Waals surface area contributed by atoms with E-state index < -0.39 is 11.6 Å². The number of carboxylic acid groups (broad SMARTS) is 1. The van der Waals surface area contributed by atoms with Crippen molar-refractivity contribution in [3.63, 3.8) is 0 Å². The molecule has 4 aromatic rings. The van der Waals surface area contributed by atoms with Crippen LogP contribution >= 0.6 is 0 Å². The molecule has 0 fully saturated rings. The first-order valence-electron chi connectivity index (χ1n) is 13.1. The number of aromatic amines is 1. The molecule has 1 atom stereocenters. The fourth-order valence-electron chi connectivity index (χ4n) is 4.78. The molecular weight excluding hydrogens is 478 g/mol. The van der Waals surface area contributed by atoms with Gasteiger partial charge in [-0.3, -0.25) is 4.79 Å². The van der Waals surface area contributed by atoms with Crippen molar-refractivity contribution in [3.05, 3.63) is 84.1 Å². The minimum atomic E-state index is -0.859. The Hall–Kier alpha value is -3.84. The van der Waals surface area contributed by atoms with Gasteiger partial charge >= 0.3 is 12.1 Å². The van der Waals surface area contributed by atoms with Gasteiger partial charge in [0.05, 0.1) is 6.42 Å². The third-order valence-electron chi connectivity index (χ3n) is 6.56. The van der Waals surface area contributed by atoms with Crippen LogP contribution in [-0.2, 0) is 22.4 Å². The van der Waals surface area contributed by atoms with E-state index in [9.17, 15) is 14.7 Å². The number of nitrogens with zero attached hydrogens (tertiary/aromatic N) is 1. The second-order valence-corrected chi connectivity index (χ2v) is 10.7. The van der Waals surface area contributed by atoms with Crippen molar-refractivity contribution in [1.29, 1.82) is 0 Å². The van der Waals surface area contributed by atoms with Crippen LogP contribution < -0.4 is 5.32 Å². The monoisotopic (exact) mass is 515 g/mol. The minimum Gasteiger partial charge on any atom is -0.481 e. The van der Waals surface area contributed by atoms with Crippen molar-refractivity contribution in [2.45, 2.75) is 51.7 Å². The average Bonchev–Trinajstić information content (AvgIpc) is 3.27. The molecule has 0 aliphatic heterocycles. The summed E-state index contributed by atoms with van der Waals surface area (Å²) < 4.78 is 5.69. The molecule has 0 aliphatic rings. The van der Waals surface area contributed by atoms with E-state index in [1.165, 1.54) is 16.3 Å². The first kappa shape index (κ1) is 27.2. The quantitative estimate of drug-likeness (QED) is 0.236. The summed E-state index contributed by atoms with van der Waals surface area (Å²) in [7, 11) is 0. The number of aliphatic carboxylic acids is 1. The zero-order valence-corrected chi connectivity index (χ0v) is 22.4. The number of rotatable bonds is 11. The van der Waals surface area contributed by atoms with Gasteiger partial charge in [0, 0.05) is 42.8 Å². The van der Waals surface area contributed by atoms with Crippen molar-refractivity contribution in [1.82, 2.24) is 15.2 Å². The summed E-state index contributed by atoms with van der Waals surface area (Å²) in [6, 6.07) is 22.2. The van der Waals surface area contributed by atoms with Crippen LogP contribution in [0.25, 0.3) is 21.7 Å². The topological polar surface area (TPSA) is 94.7 Å². The molecule has 3 N–H and O–H groups in total. The number of H-pyrrole nitrogens is 1. The van der Waals surface area contributed by atoms with Gasteiger partial charge in [-0.1, -0.05) is 60.7 Å². The van der Waals surface area contributed by atoms with Crippen molar-refractivity contribution in [3.8, 4) is 0 Å². The maximum absolute atomic E-state index is 13.1. The van der Waals surface area contributed by atoms with Gasteiger partial charge in [-0.05, 0) is 61.6 Å². The van der Waals surface area contributed by atoms with E-state index in [-0.39, 0.29) is 18.6 Å². The van der Waals surface area contributed by atoms with E-state index >= 15 is 0 Å². The number of nitrogens with one attached hydrogen (secondary N) is 2. The molecule has 0 bridgehead atoms. The molecule has 7 nitrogen and oxygen atoms in total. The number of ether oxygens (including phenoxy) is 1. The van der Waals surface area contributed by atoms with Crippen LogP contribution in [0.1, 0.15) is 38.3 Å². The van der Waals surface area contributed by atoms with E-state index in [0.717, 1.165) is 16.5 Å². The SMILES string of the molecule is CC(C)(C)OC(=O)N(CCN[C@H](CC(=O)O)Cc1c[nH]c2ccccc12)CCc1cccc2ccccc12. The number of carboxylic acids is 1. The molecule has 38 heavy (non-hydrogen) atoms. The Labute approximate surface area is 223 Å². The van der Waals surface area contributed by atoms with Crippen molar-refractivity contribution < 1.29 is 19.4 Å². The number of aromatic nitrogens is 1. The van der Waals surface area contributed by atoms with Crippen LogP contribution in [-0.4, -0.2) is 58.3 Å². The Balaban J connectivity index is 1.43. The average molecular weight is 516 g/mol. The van der Waals surface area contributed by atoms with Gasteiger partial charge in [0.25, 0.3) is 0 Å². The van der Waals surface area contributed by atoms with E-state index in [2.05, 4.69) is 34.6 Å². The number of hydrogen-bond donors (Lipinski definition) is 3. The van der Waals surface area contributed by atoms with Gasteiger partial charge in [-0.15, -0.1) is 0 Å². The van der Waals surface area contributed by atoms with Crippen LogP contribution in [0.5, 0.6) is 0 Å². The highest BCUT2D eigenvalue weighted by Gasteiger charge is 2.23. The molecule has 4 rings (SSSR count). The Morgan fingerprint density at radius 3 is 2.42 bits per heavy atom. The van der Waals surface area contributed by atoms with Crippen molar-refractivity contribution in [2.24, 2.45) is 0 Å². The number of para-hydroxylation sites is 1. The van der Waals surface area contributed by atoms with Gasteiger partial charge in [-0.2, -0.15) is 0 Å². The lowest BCUT2D eigenvalue weighted by atomic mass is 10.0. The fraction of sp³-hybridized carbons (Fsp3) is 0.355. The van der Waals surface area contributed by atoms with Crippen LogP contribution in [0.4, 0.5) is 4.79 Å². The third-order valence-corrected chi connectivity index (χ3v) is 6.56. The second-order valence-electron chi connectivity index (χ2n) is 10.7. The summed E-state index contributed by atoms with van der Waals surface area (Å²) in [5.74, 6) is -0.859. The van der Waals surface area contributed by atoms with Crippen molar-refractivity contribution >= 4 is 33.7 Å². The predicted octanol–water partition coefficient (Wildman–Crippen LogP) is 5.78. The number of carbonyl (C=O) groups excluding carboxylic acids is 1. The van der Waals surface area contributed by atoms with Gasteiger partial charge < -0.3 is 25.0 Å². The molecule has 1 amide bonds. The molecule has 0 aliphatic carbocycles. The van der Waals surface area contributed by atoms with E-state index in [1.807, 2.05) is 69.4 Å². The molecule has 200 valence electrons. The lowest BCUT2D eigenvalue weighted by Gasteiger charge is -2.28. The molecule has 0 spiro atoms. The van der Waals surface area contributed by atoms with Crippen LogP contribution in [0.2, 0.25) is 0 Å². The summed E-state index contributed by atoms with van der Waals surface area (Å²) in [6.45, 7) is 6.93. The van der Waals surface area contributed by atoms with Crippen molar-refractivity contribution in [2.75, 3.05) is 19.6 Å². The highest BCUT2D eigenvalue weighted by Crippen LogP contribution is 2.21. The lowest BCUT2D eigenvalue weighted by Crippen LogP contribution is -2.44. The van der Waals surface area contributed by atoms with E-state index in [4.69, 9.17) is 4.74 Å². The zero-order valence-electron chi connectivity index (χ0n) is 22.4. The van der Waals surface area contributed by atoms with Gasteiger partial charge in [0.2, 0.25) is 0 Å². The highest BCUT2D eigenvalue weighted by atomic mass is 16.6. The number of amides is 1. The van der Waals surface area contributed by atoms with Crippen LogP contribution in [0.3, 0.4) is 0 Å². The summed E-state index contributed by atoms with van der Waals surface area (Å²) in [5, 5.41) is 16.3. The highest BCUT2D eigenvalue weighted by molar-refractivity contribution is 5.86. The minimum absolute atomic E-state index is 0.0120. The Bertz CT molecular complexity index is 1380. The molecule has 1 heterocycles. The number of carbonyl (C=O) groups is 2. The van der Waals surface area contributed by atoms with Gasteiger partial charge in [-0.25, -0.2) is 4.79 Å². The molecule has 3 aromatic carbocycles. The number of benzene rings is 3. The molecule has 0 radical (unpaired) electrons. The smallest absolute Gasteiger partial charge is 0.410 e.